The molecule has 5 amide bonds. The number of carbonyl (C=O) groups excluding carboxylic acids is 4. The van der Waals surface area contributed by atoms with Gasteiger partial charge in [-0.25, -0.2) is 13.2 Å². The lowest BCUT2D eigenvalue weighted by molar-refractivity contribution is -0.142. The van der Waals surface area contributed by atoms with Crippen LogP contribution in [0.4, 0.5) is 4.79 Å². The van der Waals surface area contributed by atoms with Crippen LogP contribution in [-0.4, -0.2) is 95.5 Å². The van der Waals surface area contributed by atoms with Gasteiger partial charge in [-0.1, -0.05) is 59.1 Å². The van der Waals surface area contributed by atoms with Crippen molar-refractivity contribution < 1.29 is 32.7 Å². The Morgan fingerprint density at radius 2 is 1.70 bits per heavy atom. The molecule has 9 atom stereocenters. The molecular weight excluding hydrogens is 695 g/mol. The average Bonchev–Trinajstić information content (AvgIpc) is 3.94. The minimum Gasteiger partial charge on any atom is -0.381 e. The minimum atomic E-state index is -3.63. The van der Waals surface area contributed by atoms with Crippen molar-refractivity contribution >= 4 is 33.6 Å². The van der Waals surface area contributed by atoms with E-state index in [1.807, 2.05) is 19.9 Å². The number of fused-ring (bicyclic) bond motifs is 1. The number of sulfone groups is 1. The number of hydrogen-bond donors (Lipinski definition) is 5. The predicted octanol–water partition coefficient (Wildman–Crippen LogP) is 3.99. The summed E-state index contributed by atoms with van der Waals surface area (Å²) in [5.74, 6) is -1.54. The van der Waals surface area contributed by atoms with Gasteiger partial charge in [-0.05, 0) is 106 Å². The van der Waals surface area contributed by atoms with Crippen molar-refractivity contribution in [2.45, 2.75) is 147 Å². The highest BCUT2D eigenvalue weighted by Gasteiger charge is 2.70. The average molecular weight is 760 g/mol. The molecule has 1 heterocycles. The molecule has 4 aliphatic carbocycles. The first-order valence-corrected chi connectivity index (χ1v) is 21.6. The zero-order chi connectivity index (χ0) is 39.1. The Bertz CT molecular complexity index is 1550. The molecule has 5 aliphatic rings. The van der Waals surface area contributed by atoms with Crippen LogP contribution < -0.4 is 21.3 Å². The van der Waals surface area contributed by atoms with E-state index in [0.717, 1.165) is 56.9 Å². The van der Waals surface area contributed by atoms with E-state index < -0.39 is 62.2 Å². The monoisotopic (exact) mass is 759 g/mol. The number of amides is 5. The third-order valence-electron chi connectivity index (χ3n) is 13.4. The lowest BCUT2D eigenvalue weighted by atomic mass is 9.68. The molecule has 53 heavy (non-hydrogen) atoms. The Morgan fingerprint density at radius 1 is 1.04 bits per heavy atom. The lowest BCUT2D eigenvalue weighted by Crippen LogP contribution is -2.67. The fourth-order valence-corrected chi connectivity index (χ4v) is 11.0. The smallest absolute Gasteiger partial charge is 0.316 e. The molecule has 3 saturated carbocycles. The first-order chi connectivity index (χ1) is 24.7. The van der Waals surface area contributed by atoms with Crippen molar-refractivity contribution in [1.29, 1.82) is 0 Å². The first kappa shape index (κ1) is 41.2. The number of aliphatic hydroxyl groups is 1. The number of carbonyl (C=O) groups is 4. The molecule has 298 valence electrons. The van der Waals surface area contributed by atoms with Crippen LogP contribution in [0.5, 0.6) is 0 Å². The molecule has 5 rings (SSSR count). The van der Waals surface area contributed by atoms with Crippen LogP contribution >= 0.6 is 0 Å². The first-order valence-electron chi connectivity index (χ1n) is 19.9. The Balaban J connectivity index is 1.41. The molecule has 4 fully saturated rings. The molecule has 3 unspecified atom stereocenters. The predicted molar refractivity (Wildman–Crippen MR) is 205 cm³/mol. The van der Waals surface area contributed by atoms with Gasteiger partial charge in [-0.15, -0.1) is 6.58 Å². The molecule has 1 aliphatic heterocycles. The fourth-order valence-electron chi connectivity index (χ4n) is 9.33. The van der Waals surface area contributed by atoms with Crippen molar-refractivity contribution in [2.24, 2.45) is 35.0 Å². The Morgan fingerprint density at radius 3 is 2.26 bits per heavy atom. The number of rotatable bonds is 14. The van der Waals surface area contributed by atoms with Crippen LogP contribution in [0.2, 0.25) is 0 Å². The van der Waals surface area contributed by atoms with Gasteiger partial charge in [0.05, 0.1) is 22.1 Å². The summed E-state index contributed by atoms with van der Waals surface area (Å²) in [6, 6.07) is -3.29. The van der Waals surface area contributed by atoms with Gasteiger partial charge in [0.25, 0.3) is 5.91 Å². The summed E-state index contributed by atoms with van der Waals surface area (Å²) in [5.41, 5.74) is -0.426. The van der Waals surface area contributed by atoms with E-state index in [1.54, 1.807) is 25.7 Å². The normalized spacial score (nSPS) is 31.2. The van der Waals surface area contributed by atoms with Gasteiger partial charge in [-0.3, -0.25) is 14.4 Å². The number of nitrogens with zero attached hydrogens (tertiary/aromatic N) is 1. The highest BCUT2D eigenvalue weighted by atomic mass is 32.2. The van der Waals surface area contributed by atoms with E-state index in [1.165, 1.54) is 6.08 Å². The van der Waals surface area contributed by atoms with E-state index in [-0.39, 0.29) is 47.3 Å². The quantitative estimate of drug-likeness (QED) is 0.167. The van der Waals surface area contributed by atoms with Gasteiger partial charge in [0.15, 0.2) is 15.9 Å². The number of aliphatic hydroxyl groups excluding tert-OH is 1. The standard InChI is InChI=1S/C40H65N5O7S/c1-9-20-41-35(48)33(46)29(21-26-18-19-26)42-34(47)32-30-28(39(30,7)8)22-45(32)36(49)31(27-16-11-10-12-17-27)43-37(50)44-40(23-53(51,52)38(4,5)6)24(2)14-13-15-25(40)3/h9,16,24-26,28-33,46H,1,10-15,17-23H2,2-8H3,(H,41,48)(H,42,47)(H2,43,44,50)/t24-,25+,28-,29?,30-,31-,32-,33?,40?/m0/s1. The molecule has 12 nitrogen and oxygen atoms in total. The van der Waals surface area contributed by atoms with Crippen molar-refractivity contribution in [1.82, 2.24) is 26.2 Å². The Hall–Kier alpha value is -2.93. The second-order valence-electron chi connectivity index (χ2n) is 18.4. The summed E-state index contributed by atoms with van der Waals surface area (Å²) >= 11 is 0. The SMILES string of the molecule is C=CCNC(=O)C(O)C(CC1CC1)NC(=O)[C@@H]1[C@@H]2[C@H](CN1C(=O)[C@@H](NC(=O)NC1(CS(=O)(=O)C(C)(C)C)[C@H](C)CCC[C@@H]1C)C1=CCCCC1)C2(C)C. The van der Waals surface area contributed by atoms with Crippen LogP contribution in [0.1, 0.15) is 113 Å². The van der Waals surface area contributed by atoms with Gasteiger partial charge < -0.3 is 31.3 Å². The number of nitrogens with one attached hydrogen (secondary N) is 4. The van der Waals surface area contributed by atoms with Crippen LogP contribution in [-0.2, 0) is 24.2 Å². The molecule has 0 aromatic rings. The topological polar surface area (TPSA) is 174 Å². The molecule has 1 saturated heterocycles. The lowest BCUT2D eigenvalue weighted by Gasteiger charge is -2.48. The van der Waals surface area contributed by atoms with Crippen molar-refractivity contribution in [3.05, 3.63) is 24.3 Å². The van der Waals surface area contributed by atoms with Crippen molar-refractivity contribution in [2.75, 3.05) is 18.8 Å². The molecule has 0 aromatic carbocycles. The molecule has 0 aromatic heterocycles. The van der Waals surface area contributed by atoms with Crippen LogP contribution in [0.15, 0.2) is 24.3 Å². The fraction of sp³-hybridized carbons (Fsp3) is 0.800. The van der Waals surface area contributed by atoms with Crippen LogP contribution in [0.25, 0.3) is 0 Å². The van der Waals surface area contributed by atoms with Gasteiger partial charge in [-0.2, -0.15) is 0 Å². The second kappa shape index (κ2) is 15.7. The maximum Gasteiger partial charge on any atom is 0.316 e. The largest absolute Gasteiger partial charge is 0.381 e. The molecule has 0 spiro atoms. The zero-order valence-corrected chi connectivity index (χ0v) is 33.8. The minimum absolute atomic E-state index is 0.0783. The summed E-state index contributed by atoms with van der Waals surface area (Å²) in [5, 5.41) is 22.8. The second-order valence-corrected chi connectivity index (χ2v) is 21.1. The number of allylic oxidation sites excluding steroid dienone is 1. The van der Waals surface area contributed by atoms with Crippen LogP contribution in [0.3, 0.4) is 0 Å². The highest BCUT2D eigenvalue weighted by Crippen LogP contribution is 2.65. The Labute approximate surface area is 317 Å². The molecular formula is C40H65N5O7S. The molecule has 5 N–H and O–H groups in total. The maximum atomic E-state index is 14.8. The number of likely N-dealkylation sites (tertiary alicyclic amines) is 1. The van der Waals surface area contributed by atoms with E-state index in [9.17, 15) is 32.7 Å². The molecule has 0 radical (unpaired) electrons. The van der Waals surface area contributed by atoms with E-state index in [4.69, 9.17) is 0 Å². The third kappa shape index (κ3) is 8.66. The molecule has 0 bridgehead atoms. The van der Waals surface area contributed by atoms with Gasteiger partial charge in [0.1, 0.15) is 12.1 Å². The zero-order valence-electron chi connectivity index (χ0n) is 33.0. The summed E-state index contributed by atoms with van der Waals surface area (Å²) in [6.07, 6.45) is 10.1. The van der Waals surface area contributed by atoms with Gasteiger partial charge in [0.2, 0.25) is 11.8 Å². The van der Waals surface area contributed by atoms with Crippen LogP contribution in [0, 0.1) is 35.0 Å². The van der Waals surface area contributed by atoms with Gasteiger partial charge >= 0.3 is 6.03 Å². The summed E-state index contributed by atoms with van der Waals surface area (Å²) in [7, 11) is -3.63. The maximum absolute atomic E-state index is 14.8. The van der Waals surface area contributed by atoms with E-state index in [0.29, 0.717) is 25.3 Å². The summed E-state index contributed by atoms with van der Waals surface area (Å²) in [6.45, 7) is 17.4. The highest BCUT2D eigenvalue weighted by molar-refractivity contribution is 7.92. The summed E-state index contributed by atoms with van der Waals surface area (Å²) in [4.78, 5) is 57.7. The van der Waals surface area contributed by atoms with Crippen molar-refractivity contribution in [3.63, 3.8) is 0 Å². The van der Waals surface area contributed by atoms with Gasteiger partial charge in [0, 0.05) is 13.1 Å². The number of hydrogen-bond acceptors (Lipinski definition) is 7. The van der Waals surface area contributed by atoms with E-state index in [2.05, 4.69) is 41.7 Å². The summed E-state index contributed by atoms with van der Waals surface area (Å²) < 4.78 is 26.4. The van der Waals surface area contributed by atoms with Crippen molar-refractivity contribution in [3.8, 4) is 0 Å². The third-order valence-corrected chi connectivity index (χ3v) is 16.1. The van der Waals surface area contributed by atoms with E-state index >= 15 is 0 Å². The number of piperidine rings is 1. The number of urea groups is 1. The molecule has 13 heteroatoms. The Kier molecular flexibility index (Phi) is 12.2.